The van der Waals surface area contributed by atoms with Crippen LogP contribution in [0, 0.1) is 0 Å². The molecule has 1 aromatic heterocycles. The van der Waals surface area contributed by atoms with E-state index in [1.54, 1.807) is 0 Å². The van der Waals surface area contributed by atoms with Gasteiger partial charge >= 0.3 is 6.01 Å². The number of hydrogen-bond acceptors (Lipinski definition) is 6. The minimum Gasteiger partial charge on any atom is -0.463 e. The van der Waals surface area contributed by atoms with Gasteiger partial charge in [0.15, 0.2) is 0 Å². The highest BCUT2D eigenvalue weighted by Crippen LogP contribution is 2.11. The van der Waals surface area contributed by atoms with Gasteiger partial charge in [0.05, 0.1) is 6.61 Å². The Labute approximate surface area is 118 Å². The Kier molecular flexibility index (Phi) is 8.16. The molecule has 0 saturated carbocycles. The van der Waals surface area contributed by atoms with Crippen LogP contribution < -0.4 is 10.1 Å². The fraction of sp³-hybridized carbons (Fsp3) is 0.750. The summed E-state index contributed by atoms with van der Waals surface area (Å²) >= 11 is 5.80. The fourth-order valence-electron chi connectivity index (χ4n) is 1.29. The standard InChI is InChI=1S/C12H21ClN4O2/c1-3-7-18-9-5-6-14-11-15-10(13)16-12(17-11)19-8-4-2/h3-9H2,1-2H3,(H,14,15,16,17). The van der Waals surface area contributed by atoms with Gasteiger partial charge in [-0.05, 0) is 30.9 Å². The van der Waals surface area contributed by atoms with E-state index in [0.717, 1.165) is 39.0 Å². The molecular weight excluding hydrogens is 268 g/mol. The predicted molar refractivity (Wildman–Crippen MR) is 74.8 cm³/mol. The van der Waals surface area contributed by atoms with Crippen LogP contribution in [0.2, 0.25) is 5.28 Å². The van der Waals surface area contributed by atoms with Gasteiger partial charge in [-0.15, -0.1) is 0 Å². The summed E-state index contributed by atoms with van der Waals surface area (Å²) in [5.41, 5.74) is 0. The molecule has 0 radical (unpaired) electrons. The van der Waals surface area contributed by atoms with E-state index in [0.29, 0.717) is 12.6 Å². The highest BCUT2D eigenvalue weighted by Gasteiger charge is 2.05. The topological polar surface area (TPSA) is 69.2 Å². The molecule has 1 heterocycles. The van der Waals surface area contributed by atoms with Gasteiger partial charge in [-0.3, -0.25) is 0 Å². The average Bonchev–Trinajstić information content (AvgIpc) is 2.40. The minimum atomic E-state index is 0.130. The van der Waals surface area contributed by atoms with E-state index >= 15 is 0 Å². The molecule has 0 spiro atoms. The van der Waals surface area contributed by atoms with Crippen LogP contribution in [0.15, 0.2) is 0 Å². The van der Waals surface area contributed by atoms with E-state index in [-0.39, 0.29) is 11.3 Å². The molecule has 7 heteroatoms. The normalized spacial score (nSPS) is 10.5. The summed E-state index contributed by atoms with van der Waals surface area (Å²) in [6, 6.07) is 0.256. The van der Waals surface area contributed by atoms with Crippen molar-refractivity contribution in [2.45, 2.75) is 33.1 Å². The summed E-state index contributed by atoms with van der Waals surface area (Å²) in [7, 11) is 0. The van der Waals surface area contributed by atoms with Crippen molar-refractivity contribution in [1.29, 1.82) is 0 Å². The lowest BCUT2D eigenvalue weighted by Gasteiger charge is -2.07. The van der Waals surface area contributed by atoms with Crippen LogP contribution in [0.4, 0.5) is 5.95 Å². The second-order valence-electron chi connectivity index (χ2n) is 3.95. The van der Waals surface area contributed by atoms with Crippen LogP contribution in [-0.2, 0) is 4.74 Å². The smallest absolute Gasteiger partial charge is 0.322 e. The van der Waals surface area contributed by atoms with Gasteiger partial charge in [0.2, 0.25) is 11.2 Å². The Balaban J connectivity index is 2.34. The third kappa shape index (κ3) is 7.12. The molecule has 0 aliphatic carbocycles. The fourth-order valence-corrected chi connectivity index (χ4v) is 1.44. The summed E-state index contributed by atoms with van der Waals surface area (Å²) < 4.78 is 10.7. The summed E-state index contributed by atoms with van der Waals surface area (Å²) in [5.74, 6) is 0.432. The van der Waals surface area contributed by atoms with Crippen LogP contribution in [-0.4, -0.2) is 41.3 Å². The van der Waals surface area contributed by atoms with E-state index in [4.69, 9.17) is 21.1 Å². The van der Waals surface area contributed by atoms with Crippen molar-refractivity contribution in [2.24, 2.45) is 0 Å². The molecule has 1 N–H and O–H groups in total. The number of aromatic nitrogens is 3. The van der Waals surface area contributed by atoms with Crippen LogP contribution in [0.5, 0.6) is 6.01 Å². The van der Waals surface area contributed by atoms with Crippen molar-refractivity contribution >= 4 is 17.5 Å². The van der Waals surface area contributed by atoms with Gasteiger partial charge in [-0.2, -0.15) is 15.0 Å². The van der Waals surface area contributed by atoms with Crippen molar-refractivity contribution in [3.8, 4) is 6.01 Å². The Hall–Kier alpha value is -1.14. The summed E-state index contributed by atoms with van der Waals surface area (Å²) in [6.45, 7) is 6.90. The molecule has 1 rings (SSSR count). The summed E-state index contributed by atoms with van der Waals surface area (Å²) in [6.07, 6.45) is 2.81. The molecule has 108 valence electrons. The number of hydrogen-bond donors (Lipinski definition) is 1. The Morgan fingerprint density at radius 2 is 1.84 bits per heavy atom. The quantitative estimate of drug-likeness (QED) is 0.667. The minimum absolute atomic E-state index is 0.130. The lowest BCUT2D eigenvalue weighted by atomic mass is 10.4. The van der Waals surface area contributed by atoms with Crippen molar-refractivity contribution < 1.29 is 9.47 Å². The maximum absolute atomic E-state index is 5.80. The Morgan fingerprint density at radius 3 is 2.58 bits per heavy atom. The second kappa shape index (κ2) is 9.75. The molecule has 0 fully saturated rings. The molecule has 0 aliphatic heterocycles. The number of nitrogens with zero attached hydrogens (tertiary/aromatic N) is 3. The monoisotopic (exact) mass is 288 g/mol. The maximum Gasteiger partial charge on any atom is 0.322 e. The lowest BCUT2D eigenvalue weighted by Crippen LogP contribution is -2.10. The molecule has 0 atom stereocenters. The molecule has 0 unspecified atom stereocenters. The molecule has 1 aromatic rings. The molecule has 0 aromatic carbocycles. The SMILES string of the molecule is CCCOCCCNc1nc(Cl)nc(OCCC)n1. The first kappa shape index (κ1) is 15.9. The largest absolute Gasteiger partial charge is 0.463 e. The van der Waals surface area contributed by atoms with E-state index in [1.165, 1.54) is 0 Å². The van der Waals surface area contributed by atoms with Gasteiger partial charge in [-0.25, -0.2) is 0 Å². The highest BCUT2D eigenvalue weighted by atomic mass is 35.5. The van der Waals surface area contributed by atoms with Crippen LogP contribution in [0.1, 0.15) is 33.1 Å². The third-order valence-electron chi connectivity index (χ3n) is 2.12. The van der Waals surface area contributed by atoms with Crippen LogP contribution in [0.25, 0.3) is 0 Å². The van der Waals surface area contributed by atoms with Crippen LogP contribution in [0.3, 0.4) is 0 Å². The molecule has 0 bridgehead atoms. The number of anilines is 1. The summed E-state index contributed by atoms with van der Waals surface area (Å²) in [5, 5.41) is 3.20. The van der Waals surface area contributed by atoms with E-state index in [1.807, 2.05) is 6.92 Å². The van der Waals surface area contributed by atoms with Crippen molar-refractivity contribution in [3.05, 3.63) is 5.28 Å². The summed E-state index contributed by atoms with van der Waals surface area (Å²) in [4.78, 5) is 12.0. The second-order valence-corrected chi connectivity index (χ2v) is 4.29. The van der Waals surface area contributed by atoms with Gasteiger partial charge in [0, 0.05) is 19.8 Å². The zero-order chi connectivity index (χ0) is 13.9. The van der Waals surface area contributed by atoms with E-state index < -0.39 is 0 Å². The number of ether oxygens (including phenoxy) is 2. The Morgan fingerprint density at radius 1 is 1.05 bits per heavy atom. The van der Waals surface area contributed by atoms with Gasteiger partial charge < -0.3 is 14.8 Å². The van der Waals surface area contributed by atoms with Crippen molar-refractivity contribution in [3.63, 3.8) is 0 Å². The van der Waals surface area contributed by atoms with Crippen molar-refractivity contribution in [2.75, 3.05) is 31.7 Å². The number of rotatable bonds is 10. The molecule has 0 saturated heterocycles. The number of halogens is 1. The first-order chi connectivity index (χ1) is 9.26. The van der Waals surface area contributed by atoms with E-state index in [9.17, 15) is 0 Å². The molecular formula is C12H21ClN4O2. The molecule has 0 aliphatic rings. The molecule has 6 nitrogen and oxygen atoms in total. The highest BCUT2D eigenvalue weighted by molar-refractivity contribution is 6.28. The van der Waals surface area contributed by atoms with Crippen molar-refractivity contribution in [1.82, 2.24) is 15.0 Å². The predicted octanol–water partition coefficient (Wildman–Crippen LogP) is 2.54. The number of nitrogens with one attached hydrogen (secondary N) is 1. The maximum atomic E-state index is 5.80. The zero-order valence-corrected chi connectivity index (χ0v) is 12.2. The third-order valence-corrected chi connectivity index (χ3v) is 2.29. The van der Waals surface area contributed by atoms with Crippen LogP contribution >= 0.6 is 11.6 Å². The lowest BCUT2D eigenvalue weighted by molar-refractivity contribution is 0.134. The van der Waals surface area contributed by atoms with Gasteiger partial charge in [-0.1, -0.05) is 13.8 Å². The Bertz CT molecular complexity index is 366. The average molecular weight is 289 g/mol. The van der Waals surface area contributed by atoms with Gasteiger partial charge in [0.25, 0.3) is 0 Å². The molecule has 0 amide bonds. The zero-order valence-electron chi connectivity index (χ0n) is 11.5. The van der Waals surface area contributed by atoms with E-state index in [2.05, 4.69) is 27.2 Å². The first-order valence-electron chi connectivity index (χ1n) is 6.62. The molecule has 19 heavy (non-hydrogen) atoms. The van der Waals surface area contributed by atoms with Gasteiger partial charge in [0.1, 0.15) is 0 Å². The first-order valence-corrected chi connectivity index (χ1v) is 7.00.